The van der Waals surface area contributed by atoms with Crippen LogP contribution in [0.25, 0.3) is 0 Å². The summed E-state index contributed by atoms with van der Waals surface area (Å²) < 4.78 is 0. The minimum atomic E-state index is -0.711. The Bertz CT molecular complexity index is 101. The van der Waals surface area contributed by atoms with Gasteiger partial charge < -0.3 is 5.11 Å². The average Bonchev–Trinajstić information content (AvgIpc) is 1.64. The van der Waals surface area contributed by atoms with Crippen molar-refractivity contribution >= 4 is 17.7 Å². The quantitative estimate of drug-likeness (QED) is 0.658. The average molecular weight is 148 g/mol. The van der Waals surface area contributed by atoms with Crippen molar-refractivity contribution in [2.45, 2.75) is 19.1 Å². The van der Waals surface area contributed by atoms with Crippen molar-refractivity contribution in [1.29, 1.82) is 0 Å². The van der Waals surface area contributed by atoms with Gasteiger partial charge in [-0.15, -0.1) is 11.8 Å². The summed E-state index contributed by atoms with van der Waals surface area (Å²) in [7, 11) is 0. The number of carboxylic acid groups (broad SMARTS) is 1. The number of rotatable bonds is 3. The molecule has 1 atom stereocenters. The second kappa shape index (κ2) is 3.77. The monoisotopic (exact) mass is 148 g/mol. The zero-order chi connectivity index (χ0) is 7.44. The van der Waals surface area contributed by atoms with Gasteiger partial charge in [0.2, 0.25) is 0 Å². The van der Waals surface area contributed by atoms with Gasteiger partial charge in [0, 0.05) is 0 Å². The van der Waals surface area contributed by atoms with Crippen LogP contribution < -0.4 is 0 Å². The summed E-state index contributed by atoms with van der Waals surface area (Å²) in [5, 5.41) is 8.28. The van der Waals surface area contributed by atoms with E-state index in [0.717, 1.165) is 0 Å². The van der Waals surface area contributed by atoms with E-state index in [2.05, 4.69) is 0 Å². The molecule has 3 heteroatoms. The molecule has 9 heavy (non-hydrogen) atoms. The Kier molecular flexibility index (Phi) is 3.70. The van der Waals surface area contributed by atoms with Gasteiger partial charge in [-0.3, -0.25) is 4.79 Å². The van der Waals surface area contributed by atoms with E-state index >= 15 is 0 Å². The molecule has 0 saturated heterocycles. The molecule has 0 fully saturated rings. The van der Waals surface area contributed by atoms with Crippen LogP contribution in [0.2, 0.25) is 0 Å². The third kappa shape index (κ3) is 2.75. The minimum absolute atomic E-state index is 0.220. The zero-order valence-electron chi connectivity index (χ0n) is 5.92. The van der Waals surface area contributed by atoms with Crippen LogP contribution in [0.3, 0.4) is 0 Å². The summed E-state index contributed by atoms with van der Waals surface area (Å²) in [6.07, 6.45) is 1.82. The molecule has 0 bridgehead atoms. The lowest BCUT2D eigenvalue weighted by atomic mass is 10.1. The van der Waals surface area contributed by atoms with Gasteiger partial charge in [0.25, 0.3) is 0 Å². The fraction of sp³-hybridized carbons (Fsp3) is 0.833. The van der Waals surface area contributed by atoms with E-state index in [1.54, 1.807) is 0 Å². The maximum Gasteiger partial charge on any atom is 0.316 e. The van der Waals surface area contributed by atoms with Crippen molar-refractivity contribution in [2.75, 3.05) is 6.26 Å². The summed E-state index contributed by atoms with van der Waals surface area (Å²) in [6.45, 7) is 3.82. The molecule has 54 valence electrons. The highest BCUT2D eigenvalue weighted by Crippen LogP contribution is 2.15. The fourth-order valence-electron chi connectivity index (χ4n) is 0.658. The van der Waals surface area contributed by atoms with E-state index in [1.807, 2.05) is 20.1 Å². The lowest BCUT2D eigenvalue weighted by Crippen LogP contribution is -2.21. The summed E-state index contributed by atoms with van der Waals surface area (Å²) in [4.78, 5) is 10.4. The van der Waals surface area contributed by atoms with Gasteiger partial charge in [-0.1, -0.05) is 13.8 Å². The first-order valence-corrected chi connectivity index (χ1v) is 4.14. The third-order valence-electron chi connectivity index (χ3n) is 1.10. The Morgan fingerprint density at radius 1 is 1.56 bits per heavy atom. The molecular weight excluding hydrogens is 136 g/mol. The van der Waals surface area contributed by atoms with E-state index in [-0.39, 0.29) is 11.2 Å². The number of aliphatic carboxylic acids is 1. The minimum Gasteiger partial charge on any atom is -0.480 e. The molecule has 0 rings (SSSR count). The van der Waals surface area contributed by atoms with Gasteiger partial charge >= 0.3 is 5.97 Å². The van der Waals surface area contributed by atoms with E-state index < -0.39 is 5.97 Å². The molecule has 0 aliphatic carbocycles. The lowest BCUT2D eigenvalue weighted by molar-refractivity contribution is -0.137. The fourth-order valence-corrected chi connectivity index (χ4v) is 1.40. The number of hydrogen-bond acceptors (Lipinski definition) is 2. The van der Waals surface area contributed by atoms with Crippen LogP contribution in [0, 0.1) is 5.92 Å². The number of carbonyl (C=O) groups is 1. The summed E-state index contributed by atoms with van der Waals surface area (Å²) in [5.74, 6) is -0.491. The number of hydrogen-bond donors (Lipinski definition) is 1. The van der Waals surface area contributed by atoms with Gasteiger partial charge in [-0.05, 0) is 12.2 Å². The van der Waals surface area contributed by atoms with E-state index in [9.17, 15) is 4.79 Å². The molecular formula is C6H12O2S. The molecule has 0 aromatic rings. The maximum atomic E-state index is 10.4. The molecule has 0 aliphatic rings. The lowest BCUT2D eigenvalue weighted by Gasteiger charge is -2.11. The molecule has 0 saturated carbocycles. The molecule has 0 spiro atoms. The highest BCUT2D eigenvalue weighted by molar-refractivity contribution is 7.99. The summed E-state index contributed by atoms with van der Waals surface area (Å²) >= 11 is 1.39. The molecule has 0 aromatic heterocycles. The topological polar surface area (TPSA) is 37.3 Å². The summed E-state index contributed by atoms with van der Waals surface area (Å²) in [5.41, 5.74) is 0. The molecule has 1 N–H and O–H groups in total. The van der Waals surface area contributed by atoms with Crippen molar-refractivity contribution in [1.82, 2.24) is 0 Å². The smallest absolute Gasteiger partial charge is 0.316 e. The molecule has 0 aromatic carbocycles. The molecule has 2 nitrogen and oxygen atoms in total. The Morgan fingerprint density at radius 2 is 2.00 bits per heavy atom. The van der Waals surface area contributed by atoms with Crippen molar-refractivity contribution < 1.29 is 9.90 Å². The van der Waals surface area contributed by atoms with Gasteiger partial charge in [0.1, 0.15) is 5.25 Å². The predicted octanol–water partition coefficient (Wildman–Crippen LogP) is 1.46. The SMILES string of the molecule is CSC(C(=O)O)C(C)C. The first-order valence-electron chi connectivity index (χ1n) is 2.85. The van der Waals surface area contributed by atoms with Crippen LogP contribution in [0.15, 0.2) is 0 Å². The molecule has 0 aliphatic heterocycles. The Balaban J connectivity index is 3.83. The van der Waals surface area contributed by atoms with Gasteiger partial charge in [0.15, 0.2) is 0 Å². The molecule has 1 unspecified atom stereocenters. The van der Waals surface area contributed by atoms with Crippen molar-refractivity contribution in [2.24, 2.45) is 5.92 Å². The van der Waals surface area contributed by atoms with Crippen LogP contribution in [-0.4, -0.2) is 22.6 Å². The van der Waals surface area contributed by atoms with Gasteiger partial charge in [-0.2, -0.15) is 0 Å². The van der Waals surface area contributed by atoms with Crippen LogP contribution >= 0.6 is 11.8 Å². The Labute approximate surface area is 59.6 Å². The first kappa shape index (κ1) is 8.82. The van der Waals surface area contributed by atoms with Gasteiger partial charge in [-0.25, -0.2) is 0 Å². The van der Waals surface area contributed by atoms with Crippen LogP contribution in [-0.2, 0) is 4.79 Å². The van der Waals surface area contributed by atoms with Crippen LogP contribution in [0.5, 0.6) is 0 Å². The van der Waals surface area contributed by atoms with E-state index in [0.29, 0.717) is 0 Å². The number of carboxylic acids is 1. The number of thioether (sulfide) groups is 1. The normalized spacial score (nSPS) is 13.8. The highest BCUT2D eigenvalue weighted by Gasteiger charge is 2.18. The Hall–Kier alpha value is -0.180. The molecule has 0 amide bonds. The standard InChI is InChI=1S/C6H12O2S/c1-4(2)5(9-3)6(7)8/h4-5H,1-3H3,(H,7,8). The molecule has 0 heterocycles. The zero-order valence-corrected chi connectivity index (χ0v) is 6.73. The summed E-state index contributed by atoms with van der Waals surface area (Å²) in [6, 6.07) is 0. The first-order chi connectivity index (χ1) is 4.09. The van der Waals surface area contributed by atoms with Crippen LogP contribution in [0.4, 0.5) is 0 Å². The van der Waals surface area contributed by atoms with Crippen LogP contribution in [0.1, 0.15) is 13.8 Å². The highest BCUT2D eigenvalue weighted by atomic mass is 32.2. The second-order valence-electron chi connectivity index (χ2n) is 2.24. The largest absolute Gasteiger partial charge is 0.480 e. The maximum absolute atomic E-state index is 10.4. The van der Waals surface area contributed by atoms with Crippen molar-refractivity contribution in [3.05, 3.63) is 0 Å². The second-order valence-corrected chi connectivity index (χ2v) is 3.22. The Morgan fingerprint density at radius 3 is 2.00 bits per heavy atom. The van der Waals surface area contributed by atoms with Crippen molar-refractivity contribution in [3.63, 3.8) is 0 Å². The third-order valence-corrected chi connectivity index (χ3v) is 2.36. The van der Waals surface area contributed by atoms with Gasteiger partial charge in [0.05, 0.1) is 0 Å². The predicted molar refractivity (Wildman–Crippen MR) is 39.8 cm³/mol. The van der Waals surface area contributed by atoms with E-state index in [4.69, 9.17) is 5.11 Å². The van der Waals surface area contributed by atoms with E-state index in [1.165, 1.54) is 11.8 Å². The molecule has 0 radical (unpaired) electrons. The van der Waals surface area contributed by atoms with Crippen molar-refractivity contribution in [3.8, 4) is 0 Å².